The maximum atomic E-state index is 5.79. The predicted octanol–water partition coefficient (Wildman–Crippen LogP) is 5.44. The van der Waals surface area contributed by atoms with Gasteiger partial charge in [0.2, 0.25) is 0 Å². The molecule has 0 unspecified atom stereocenters. The molecule has 0 saturated heterocycles. The molecule has 108 valence electrons. The first-order valence-corrected chi connectivity index (χ1v) is 7.43. The summed E-state index contributed by atoms with van der Waals surface area (Å²) in [6, 6.07) is 12.9. The first-order valence-electron chi connectivity index (χ1n) is 7.43. The van der Waals surface area contributed by atoms with Gasteiger partial charge in [-0.05, 0) is 50.2 Å². The highest BCUT2D eigenvalue weighted by Gasteiger charge is 2.13. The average molecular weight is 289 g/mol. The van der Waals surface area contributed by atoms with E-state index in [-0.39, 0.29) is 0 Å². The molecule has 3 aromatic heterocycles. The van der Waals surface area contributed by atoms with Crippen molar-refractivity contribution in [3.8, 4) is 0 Å². The lowest BCUT2D eigenvalue weighted by molar-refractivity contribution is 0.578. The first kappa shape index (κ1) is 11.9. The highest BCUT2D eigenvalue weighted by molar-refractivity contribution is 6.14. The molecule has 0 fully saturated rings. The fraction of sp³-hybridized carbons (Fsp3) is 0.158. The summed E-state index contributed by atoms with van der Waals surface area (Å²) >= 11 is 0. The van der Waals surface area contributed by atoms with Gasteiger partial charge >= 0.3 is 0 Å². The van der Waals surface area contributed by atoms with Gasteiger partial charge in [-0.25, -0.2) is 0 Å². The molecule has 2 aromatic carbocycles. The van der Waals surface area contributed by atoms with Crippen LogP contribution in [0.1, 0.15) is 11.5 Å². The van der Waals surface area contributed by atoms with Crippen LogP contribution in [0.4, 0.5) is 0 Å². The summed E-state index contributed by atoms with van der Waals surface area (Å²) in [7, 11) is 2.11. The monoisotopic (exact) mass is 289 g/mol. The summed E-state index contributed by atoms with van der Waals surface area (Å²) in [4.78, 5) is 0. The van der Waals surface area contributed by atoms with Crippen LogP contribution in [0.15, 0.2) is 45.2 Å². The Balaban J connectivity index is 2.02. The van der Waals surface area contributed by atoms with Crippen molar-refractivity contribution in [3.63, 3.8) is 0 Å². The van der Waals surface area contributed by atoms with Crippen LogP contribution in [0.5, 0.6) is 0 Å². The van der Waals surface area contributed by atoms with Gasteiger partial charge in [-0.1, -0.05) is 0 Å². The zero-order valence-corrected chi connectivity index (χ0v) is 12.7. The maximum Gasteiger partial charge on any atom is 0.135 e. The molecule has 5 aromatic rings. The molecular weight excluding hydrogens is 274 g/mol. The summed E-state index contributed by atoms with van der Waals surface area (Å²) in [6.45, 7) is 3.97. The second-order valence-electron chi connectivity index (χ2n) is 6.09. The Morgan fingerprint density at radius 2 is 1.14 bits per heavy atom. The van der Waals surface area contributed by atoms with E-state index < -0.39 is 0 Å². The third-order valence-electron chi connectivity index (χ3n) is 4.53. The number of hydrogen-bond acceptors (Lipinski definition) is 2. The second kappa shape index (κ2) is 3.74. The van der Waals surface area contributed by atoms with Crippen LogP contribution in [0, 0.1) is 13.8 Å². The van der Waals surface area contributed by atoms with E-state index in [0.717, 1.165) is 33.5 Å². The Labute approximate surface area is 126 Å². The molecule has 0 radical (unpaired) electrons. The largest absolute Gasteiger partial charge is 0.461 e. The number of aryl methyl sites for hydroxylation is 3. The number of fused-ring (bicyclic) bond motifs is 5. The van der Waals surface area contributed by atoms with Crippen molar-refractivity contribution >= 4 is 43.7 Å². The van der Waals surface area contributed by atoms with Gasteiger partial charge in [0.05, 0.1) is 0 Å². The van der Waals surface area contributed by atoms with Gasteiger partial charge in [-0.3, -0.25) is 0 Å². The average Bonchev–Trinajstić information content (AvgIpc) is 3.09. The quantitative estimate of drug-likeness (QED) is 0.380. The van der Waals surface area contributed by atoms with Crippen LogP contribution in [0.25, 0.3) is 43.7 Å². The summed E-state index contributed by atoms with van der Waals surface area (Å²) < 4.78 is 13.8. The molecule has 3 heterocycles. The van der Waals surface area contributed by atoms with Crippen LogP contribution in [0.2, 0.25) is 0 Å². The molecule has 3 nitrogen and oxygen atoms in total. The summed E-state index contributed by atoms with van der Waals surface area (Å²) in [5.74, 6) is 1.89. The molecule has 0 aliphatic carbocycles. The van der Waals surface area contributed by atoms with E-state index >= 15 is 0 Å². The maximum absolute atomic E-state index is 5.79. The summed E-state index contributed by atoms with van der Waals surface area (Å²) in [6.07, 6.45) is 0. The molecule has 0 atom stereocenters. The van der Waals surface area contributed by atoms with E-state index in [1.165, 1.54) is 21.8 Å². The Kier molecular flexibility index (Phi) is 2.03. The van der Waals surface area contributed by atoms with Crippen molar-refractivity contribution in [2.24, 2.45) is 7.05 Å². The summed E-state index contributed by atoms with van der Waals surface area (Å²) in [5, 5.41) is 4.71. The van der Waals surface area contributed by atoms with Gasteiger partial charge in [0.1, 0.15) is 22.7 Å². The lowest BCUT2D eigenvalue weighted by Crippen LogP contribution is -1.85. The van der Waals surface area contributed by atoms with E-state index in [2.05, 4.69) is 48.0 Å². The number of hydrogen-bond donors (Lipinski definition) is 0. The van der Waals surface area contributed by atoms with Crippen molar-refractivity contribution in [2.75, 3.05) is 0 Å². The van der Waals surface area contributed by atoms with Gasteiger partial charge < -0.3 is 13.4 Å². The molecule has 5 rings (SSSR count). The fourth-order valence-corrected chi connectivity index (χ4v) is 3.53. The van der Waals surface area contributed by atoms with Crippen LogP contribution < -0.4 is 0 Å². The van der Waals surface area contributed by atoms with Crippen LogP contribution in [-0.2, 0) is 7.05 Å². The molecule has 22 heavy (non-hydrogen) atoms. The third-order valence-corrected chi connectivity index (χ3v) is 4.53. The number of aromatic nitrogens is 1. The molecule has 0 aliphatic rings. The van der Waals surface area contributed by atoms with Gasteiger partial charge in [0, 0.05) is 39.6 Å². The lowest BCUT2D eigenvalue weighted by atomic mass is 10.1. The first-order chi connectivity index (χ1) is 10.6. The normalized spacial score (nSPS) is 12.3. The Morgan fingerprint density at radius 1 is 0.682 bits per heavy atom. The SMILES string of the molecule is Cc1cc2cc3c(cc2o1)c1cc2oc(C)cc2cc1n3C. The van der Waals surface area contributed by atoms with E-state index in [0.29, 0.717) is 0 Å². The van der Waals surface area contributed by atoms with Crippen molar-refractivity contribution in [1.29, 1.82) is 0 Å². The molecule has 0 amide bonds. The molecule has 0 N–H and O–H groups in total. The minimum absolute atomic E-state index is 0.938. The smallest absolute Gasteiger partial charge is 0.135 e. The lowest BCUT2D eigenvalue weighted by Gasteiger charge is -1.97. The van der Waals surface area contributed by atoms with Crippen molar-refractivity contribution in [1.82, 2.24) is 4.57 Å². The Morgan fingerprint density at radius 3 is 1.59 bits per heavy atom. The standard InChI is InChI=1S/C19H15NO2/c1-10-4-12-6-16-14(8-18(12)21-10)15-9-19-13(5-11(2)22-19)7-17(15)20(16)3/h4-9H,1-3H3. The van der Waals surface area contributed by atoms with Crippen molar-refractivity contribution in [3.05, 3.63) is 47.9 Å². The van der Waals surface area contributed by atoms with E-state index in [1.54, 1.807) is 0 Å². The van der Waals surface area contributed by atoms with Crippen LogP contribution in [-0.4, -0.2) is 4.57 Å². The van der Waals surface area contributed by atoms with E-state index in [1.807, 2.05) is 13.8 Å². The molecule has 3 heteroatoms. The summed E-state index contributed by atoms with van der Waals surface area (Å²) in [5.41, 5.74) is 4.31. The zero-order chi connectivity index (χ0) is 15.0. The van der Waals surface area contributed by atoms with Gasteiger partial charge in [0.25, 0.3) is 0 Å². The van der Waals surface area contributed by atoms with Gasteiger partial charge in [-0.15, -0.1) is 0 Å². The minimum Gasteiger partial charge on any atom is -0.461 e. The predicted molar refractivity (Wildman–Crippen MR) is 89.4 cm³/mol. The second-order valence-corrected chi connectivity index (χ2v) is 6.09. The molecule has 0 bridgehead atoms. The van der Waals surface area contributed by atoms with Gasteiger partial charge in [0.15, 0.2) is 0 Å². The van der Waals surface area contributed by atoms with Crippen molar-refractivity contribution < 1.29 is 8.83 Å². The fourth-order valence-electron chi connectivity index (χ4n) is 3.53. The highest BCUT2D eigenvalue weighted by Crippen LogP contribution is 2.35. The topological polar surface area (TPSA) is 31.2 Å². The Bertz CT molecular complexity index is 1110. The van der Waals surface area contributed by atoms with Crippen LogP contribution >= 0.6 is 0 Å². The van der Waals surface area contributed by atoms with E-state index in [9.17, 15) is 0 Å². The number of rotatable bonds is 0. The number of furan rings is 2. The van der Waals surface area contributed by atoms with E-state index in [4.69, 9.17) is 8.83 Å². The highest BCUT2D eigenvalue weighted by atomic mass is 16.3. The molecular formula is C19H15NO2. The molecule has 0 aliphatic heterocycles. The number of benzene rings is 2. The third kappa shape index (κ3) is 1.40. The van der Waals surface area contributed by atoms with Crippen molar-refractivity contribution in [2.45, 2.75) is 13.8 Å². The Hall–Kier alpha value is -2.68. The van der Waals surface area contributed by atoms with Crippen LogP contribution in [0.3, 0.4) is 0 Å². The molecule has 0 spiro atoms. The zero-order valence-electron chi connectivity index (χ0n) is 12.7. The van der Waals surface area contributed by atoms with Gasteiger partial charge in [-0.2, -0.15) is 0 Å². The number of nitrogens with zero attached hydrogens (tertiary/aromatic N) is 1. The minimum atomic E-state index is 0.938. The molecule has 0 saturated carbocycles.